The predicted molar refractivity (Wildman–Crippen MR) is 87.2 cm³/mol. The summed E-state index contributed by atoms with van der Waals surface area (Å²) < 4.78 is 1.01. The van der Waals surface area contributed by atoms with Crippen molar-refractivity contribution >= 4 is 34.5 Å². The largest absolute Gasteiger partial charge is 0.481 e. The number of likely N-dealkylation sites (tertiary alicyclic amines) is 1. The Labute approximate surface area is 137 Å². The molecule has 1 N–H and O–H groups in total. The van der Waals surface area contributed by atoms with Crippen LogP contribution in [0.5, 0.6) is 0 Å². The van der Waals surface area contributed by atoms with E-state index in [4.69, 9.17) is 5.11 Å². The summed E-state index contributed by atoms with van der Waals surface area (Å²) in [4.78, 5) is 25.6. The molecule has 2 aliphatic rings. The van der Waals surface area contributed by atoms with Crippen molar-refractivity contribution in [1.29, 1.82) is 0 Å². The van der Waals surface area contributed by atoms with E-state index in [1.165, 1.54) is 0 Å². The van der Waals surface area contributed by atoms with Gasteiger partial charge >= 0.3 is 5.97 Å². The van der Waals surface area contributed by atoms with Crippen molar-refractivity contribution in [3.63, 3.8) is 0 Å². The molecule has 1 saturated carbocycles. The van der Waals surface area contributed by atoms with Gasteiger partial charge in [-0.1, -0.05) is 12.1 Å². The second kappa shape index (κ2) is 5.26. The summed E-state index contributed by atoms with van der Waals surface area (Å²) in [7, 11) is 0. The van der Waals surface area contributed by atoms with E-state index < -0.39 is 5.97 Å². The van der Waals surface area contributed by atoms with Gasteiger partial charge in [0.05, 0.1) is 11.5 Å². The number of aryl methyl sites for hydroxylation is 1. The maximum atomic E-state index is 12.6. The van der Waals surface area contributed by atoms with Gasteiger partial charge in [-0.15, -0.1) is 0 Å². The highest BCUT2D eigenvalue weighted by Gasteiger charge is 2.59. The number of hydrogen-bond acceptors (Lipinski definition) is 2. The van der Waals surface area contributed by atoms with Gasteiger partial charge in [0, 0.05) is 16.7 Å². The van der Waals surface area contributed by atoms with Crippen LogP contribution in [-0.2, 0) is 4.79 Å². The summed E-state index contributed by atoms with van der Waals surface area (Å²) in [6.07, 6.45) is 2.42. The van der Waals surface area contributed by atoms with Gasteiger partial charge in [0.25, 0.3) is 5.91 Å². The Hall–Kier alpha value is -1.11. The van der Waals surface area contributed by atoms with Crippen molar-refractivity contribution in [1.82, 2.24) is 4.90 Å². The van der Waals surface area contributed by atoms with Crippen LogP contribution >= 0.6 is 22.6 Å². The smallest absolute Gasteiger partial charge is 0.307 e. The predicted octanol–water partition coefficient (Wildman–Crippen LogP) is 2.93. The maximum Gasteiger partial charge on any atom is 0.307 e. The molecule has 1 unspecified atom stereocenters. The number of rotatable bonds is 2. The van der Waals surface area contributed by atoms with E-state index in [2.05, 4.69) is 22.6 Å². The van der Waals surface area contributed by atoms with Crippen LogP contribution in [-0.4, -0.2) is 35.0 Å². The van der Waals surface area contributed by atoms with Gasteiger partial charge in [-0.3, -0.25) is 9.59 Å². The van der Waals surface area contributed by atoms with E-state index >= 15 is 0 Å². The van der Waals surface area contributed by atoms with Crippen LogP contribution in [0, 0.1) is 21.8 Å². The average molecular weight is 399 g/mol. The molecule has 2 fully saturated rings. The lowest BCUT2D eigenvalue weighted by Crippen LogP contribution is -2.40. The highest BCUT2D eigenvalue weighted by atomic mass is 127. The third-order valence-electron chi connectivity index (χ3n) is 4.96. The van der Waals surface area contributed by atoms with Gasteiger partial charge in [0.15, 0.2) is 0 Å². The minimum Gasteiger partial charge on any atom is -0.481 e. The first kappa shape index (κ1) is 14.8. The second-order valence-corrected chi connectivity index (χ2v) is 7.26. The van der Waals surface area contributed by atoms with Crippen molar-refractivity contribution < 1.29 is 14.7 Å². The number of piperidine rings is 1. The van der Waals surface area contributed by atoms with E-state index in [-0.39, 0.29) is 17.2 Å². The lowest BCUT2D eigenvalue weighted by molar-refractivity contribution is -0.139. The van der Waals surface area contributed by atoms with Crippen LogP contribution in [0.25, 0.3) is 0 Å². The van der Waals surface area contributed by atoms with Crippen molar-refractivity contribution in [2.75, 3.05) is 13.1 Å². The molecule has 1 spiro atoms. The van der Waals surface area contributed by atoms with E-state index in [0.717, 1.165) is 34.0 Å². The molecule has 0 radical (unpaired) electrons. The van der Waals surface area contributed by atoms with Gasteiger partial charge in [0.2, 0.25) is 0 Å². The van der Waals surface area contributed by atoms with Crippen LogP contribution in [0.15, 0.2) is 18.2 Å². The van der Waals surface area contributed by atoms with Crippen LogP contribution in [0.4, 0.5) is 0 Å². The molecule has 1 aromatic rings. The number of aliphatic carboxylic acids is 1. The highest BCUT2D eigenvalue weighted by molar-refractivity contribution is 14.1. The van der Waals surface area contributed by atoms with Gasteiger partial charge in [0.1, 0.15) is 0 Å². The van der Waals surface area contributed by atoms with Crippen LogP contribution in [0.1, 0.15) is 35.2 Å². The fraction of sp³-hybridized carbons (Fsp3) is 0.500. The number of carbonyl (C=O) groups excluding carboxylic acids is 1. The molecule has 21 heavy (non-hydrogen) atoms. The third kappa shape index (κ3) is 2.56. The molecule has 1 aromatic carbocycles. The molecule has 0 aromatic heterocycles. The summed E-state index contributed by atoms with van der Waals surface area (Å²) >= 11 is 2.22. The Morgan fingerprint density at radius 1 is 1.33 bits per heavy atom. The molecule has 1 atom stereocenters. The number of amides is 1. The van der Waals surface area contributed by atoms with Gasteiger partial charge in [-0.05, 0) is 65.8 Å². The summed E-state index contributed by atoms with van der Waals surface area (Å²) in [5.74, 6) is -0.789. The van der Waals surface area contributed by atoms with Gasteiger partial charge < -0.3 is 10.0 Å². The van der Waals surface area contributed by atoms with Crippen LogP contribution in [0.3, 0.4) is 0 Å². The quantitative estimate of drug-likeness (QED) is 0.779. The molecule has 4 nitrogen and oxygen atoms in total. The van der Waals surface area contributed by atoms with Crippen molar-refractivity contribution in [3.8, 4) is 0 Å². The zero-order chi connectivity index (χ0) is 15.2. The standard InChI is InChI=1S/C16H18INO3/c1-10-3-2-4-11(13(10)17)14(19)18-7-5-16(6-8-18)9-12(16)15(20)21/h2-4,12H,5-9H2,1H3,(H,20,21). The molecule has 5 heteroatoms. The first-order chi connectivity index (χ1) is 9.94. The molecule has 1 amide bonds. The molecule has 3 rings (SSSR count). The molecular weight excluding hydrogens is 381 g/mol. The number of nitrogens with zero attached hydrogens (tertiary/aromatic N) is 1. The summed E-state index contributed by atoms with van der Waals surface area (Å²) in [6, 6.07) is 5.79. The number of carboxylic acids is 1. The lowest BCUT2D eigenvalue weighted by atomic mass is 9.90. The average Bonchev–Trinajstić information content (AvgIpc) is 3.16. The molecular formula is C16H18INO3. The highest BCUT2D eigenvalue weighted by Crippen LogP contribution is 2.59. The van der Waals surface area contributed by atoms with Crippen molar-refractivity contribution in [2.24, 2.45) is 11.3 Å². The van der Waals surface area contributed by atoms with E-state index in [1.807, 2.05) is 30.0 Å². The molecule has 1 aliphatic heterocycles. The Bertz CT molecular complexity index is 606. The maximum absolute atomic E-state index is 12.6. The summed E-state index contributed by atoms with van der Waals surface area (Å²) in [6.45, 7) is 3.35. The minimum atomic E-state index is -0.678. The number of carbonyl (C=O) groups is 2. The molecule has 0 bridgehead atoms. The lowest BCUT2D eigenvalue weighted by Gasteiger charge is -2.33. The SMILES string of the molecule is Cc1cccc(C(=O)N2CCC3(CC2)CC3C(=O)O)c1I. The Morgan fingerprint density at radius 3 is 2.57 bits per heavy atom. The normalized spacial score (nSPS) is 23.1. The number of benzene rings is 1. The zero-order valence-electron chi connectivity index (χ0n) is 11.9. The van der Waals surface area contributed by atoms with E-state index in [9.17, 15) is 9.59 Å². The van der Waals surface area contributed by atoms with Crippen LogP contribution in [0.2, 0.25) is 0 Å². The molecule has 1 saturated heterocycles. The Morgan fingerprint density at radius 2 is 2.00 bits per heavy atom. The summed E-state index contributed by atoms with van der Waals surface area (Å²) in [5.41, 5.74) is 1.85. The first-order valence-electron chi connectivity index (χ1n) is 7.22. The third-order valence-corrected chi connectivity index (χ3v) is 6.39. The van der Waals surface area contributed by atoms with Crippen LogP contribution < -0.4 is 0 Å². The Balaban J connectivity index is 1.69. The number of carboxylic acid groups (broad SMARTS) is 1. The van der Waals surface area contributed by atoms with Crippen molar-refractivity contribution in [2.45, 2.75) is 26.2 Å². The molecule has 1 aliphatic carbocycles. The minimum absolute atomic E-state index is 0.0254. The van der Waals surface area contributed by atoms with Gasteiger partial charge in [-0.2, -0.15) is 0 Å². The zero-order valence-corrected chi connectivity index (χ0v) is 14.1. The van der Waals surface area contributed by atoms with E-state index in [0.29, 0.717) is 13.1 Å². The first-order valence-corrected chi connectivity index (χ1v) is 8.30. The second-order valence-electron chi connectivity index (χ2n) is 6.19. The molecule has 112 valence electrons. The Kier molecular flexibility index (Phi) is 3.71. The summed E-state index contributed by atoms with van der Waals surface area (Å²) in [5, 5.41) is 9.11. The topological polar surface area (TPSA) is 57.6 Å². The van der Waals surface area contributed by atoms with E-state index in [1.54, 1.807) is 0 Å². The number of hydrogen-bond donors (Lipinski definition) is 1. The fourth-order valence-corrected chi connectivity index (χ4v) is 3.98. The number of halogens is 1. The van der Waals surface area contributed by atoms with Crippen molar-refractivity contribution in [3.05, 3.63) is 32.9 Å². The monoisotopic (exact) mass is 399 g/mol. The fourth-order valence-electron chi connectivity index (χ4n) is 3.39. The molecule has 1 heterocycles. The van der Waals surface area contributed by atoms with Gasteiger partial charge in [-0.25, -0.2) is 0 Å².